The SMILES string of the molecule is O=C(NCc1ccc(C(=O)O)o1)c1ccc(Br)c(F)c1. The summed E-state index contributed by atoms with van der Waals surface area (Å²) in [5.74, 6) is -2.11. The van der Waals surface area contributed by atoms with Gasteiger partial charge in [0.25, 0.3) is 5.91 Å². The first-order valence-electron chi connectivity index (χ1n) is 5.52. The molecule has 0 saturated carbocycles. The molecule has 20 heavy (non-hydrogen) atoms. The van der Waals surface area contributed by atoms with E-state index in [4.69, 9.17) is 9.52 Å². The van der Waals surface area contributed by atoms with Crippen LogP contribution in [0.1, 0.15) is 26.7 Å². The maximum absolute atomic E-state index is 13.3. The van der Waals surface area contributed by atoms with Gasteiger partial charge in [-0.25, -0.2) is 9.18 Å². The van der Waals surface area contributed by atoms with Crippen molar-refractivity contribution in [3.05, 3.63) is 57.7 Å². The molecule has 0 fully saturated rings. The fraction of sp³-hybridized carbons (Fsp3) is 0.0769. The number of rotatable bonds is 4. The number of aromatic carboxylic acids is 1. The lowest BCUT2D eigenvalue weighted by Gasteiger charge is -2.04. The Morgan fingerprint density at radius 1 is 1.30 bits per heavy atom. The average molecular weight is 342 g/mol. The number of nitrogens with one attached hydrogen (secondary N) is 1. The van der Waals surface area contributed by atoms with Crippen molar-refractivity contribution in [2.75, 3.05) is 0 Å². The summed E-state index contributed by atoms with van der Waals surface area (Å²) in [5, 5.41) is 11.2. The van der Waals surface area contributed by atoms with Gasteiger partial charge in [-0.3, -0.25) is 4.79 Å². The van der Waals surface area contributed by atoms with E-state index in [0.29, 0.717) is 5.76 Å². The van der Waals surface area contributed by atoms with Gasteiger partial charge in [0.1, 0.15) is 11.6 Å². The molecule has 1 heterocycles. The van der Waals surface area contributed by atoms with Gasteiger partial charge in [0.2, 0.25) is 5.76 Å². The summed E-state index contributed by atoms with van der Waals surface area (Å²) in [6.45, 7) is 0.0177. The van der Waals surface area contributed by atoms with Crippen LogP contribution in [0.3, 0.4) is 0 Å². The second-order valence-electron chi connectivity index (χ2n) is 3.88. The van der Waals surface area contributed by atoms with Crippen molar-refractivity contribution in [3.63, 3.8) is 0 Å². The fourth-order valence-electron chi connectivity index (χ4n) is 1.49. The number of carbonyl (C=O) groups excluding carboxylic acids is 1. The van der Waals surface area contributed by atoms with Crippen molar-refractivity contribution in [1.29, 1.82) is 0 Å². The highest BCUT2D eigenvalue weighted by atomic mass is 79.9. The zero-order valence-corrected chi connectivity index (χ0v) is 11.6. The topological polar surface area (TPSA) is 79.5 Å². The van der Waals surface area contributed by atoms with E-state index in [0.717, 1.165) is 6.07 Å². The second-order valence-corrected chi connectivity index (χ2v) is 4.74. The molecule has 5 nitrogen and oxygen atoms in total. The van der Waals surface area contributed by atoms with E-state index in [1.54, 1.807) is 0 Å². The number of carboxylic acids is 1. The molecule has 0 bridgehead atoms. The number of amides is 1. The Hall–Kier alpha value is -2.15. The average Bonchev–Trinajstić information content (AvgIpc) is 2.88. The number of carboxylic acid groups (broad SMARTS) is 1. The minimum absolute atomic E-state index is 0.0177. The van der Waals surface area contributed by atoms with Crippen LogP contribution in [0.5, 0.6) is 0 Å². The summed E-state index contributed by atoms with van der Waals surface area (Å²) in [6, 6.07) is 6.74. The first-order valence-corrected chi connectivity index (χ1v) is 6.32. The third-order valence-electron chi connectivity index (χ3n) is 2.48. The molecule has 1 amide bonds. The molecule has 0 unspecified atom stereocenters. The Bertz CT molecular complexity index is 668. The number of hydrogen-bond acceptors (Lipinski definition) is 3. The lowest BCUT2D eigenvalue weighted by molar-refractivity contribution is 0.0660. The minimum Gasteiger partial charge on any atom is -0.475 e. The highest BCUT2D eigenvalue weighted by molar-refractivity contribution is 9.10. The lowest BCUT2D eigenvalue weighted by atomic mass is 10.2. The predicted octanol–water partition coefficient (Wildman–Crippen LogP) is 2.81. The van der Waals surface area contributed by atoms with E-state index in [1.165, 1.54) is 24.3 Å². The number of benzene rings is 1. The van der Waals surface area contributed by atoms with Gasteiger partial charge in [0.15, 0.2) is 0 Å². The van der Waals surface area contributed by atoms with Crippen LogP contribution < -0.4 is 5.32 Å². The summed E-state index contributed by atoms with van der Waals surface area (Å²) in [6.07, 6.45) is 0. The number of carbonyl (C=O) groups is 2. The fourth-order valence-corrected chi connectivity index (χ4v) is 1.74. The molecule has 0 saturated heterocycles. The molecule has 0 radical (unpaired) electrons. The van der Waals surface area contributed by atoms with Crippen molar-refractivity contribution in [2.24, 2.45) is 0 Å². The Balaban J connectivity index is 2.00. The zero-order chi connectivity index (χ0) is 14.7. The predicted molar refractivity (Wildman–Crippen MR) is 70.9 cm³/mol. The first kappa shape index (κ1) is 14.3. The number of furan rings is 1. The summed E-state index contributed by atoms with van der Waals surface area (Å²) >= 11 is 2.99. The highest BCUT2D eigenvalue weighted by Gasteiger charge is 2.11. The Morgan fingerprint density at radius 2 is 2.05 bits per heavy atom. The van der Waals surface area contributed by atoms with Crippen LogP contribution in [0.4, 0.5) is 4.39 Å². The van der Waals surface area contributed by atoms with Crippen LogP contribution in [-0.4, -0.2) is 17.0 Å². The van der Waals surface area contributed by atoms with Crippen molar-refractivity contribution in [1.82, 2.24) is 5.32 Å². The van der Waals surface area contributed by atoms with Gasteiger partial charge in [-0.2, -0.15) is 0 Å². The van der Waals surface area contributed by atoms with E-state index in [9.17, 15) is 14.0 Å². The maximum atomic E-state index is 13.3. The molecule has 0 aliphatic rings. The summed E-state index contributed by atoms with van der Waals surface area (Å²) in [7, 11) is 0. The van der Waals surface area contributed by atoms with Gasteiger partial charge in [-0.15, -0.1) is 0 Å². The van der Waals surface area contributed by atoms with Gasteiger partial charge in [-0.05, 0) is 46.3 Å². The van der Waals surface area contributed by atoms with E-state index in [1.807, 2.05) is 0 Å². The van der Waals surface area contributed by atoms with Crippen molar-refractivity contribution in [2.45, 2.75) is 6.54 Å². The van der Waals surface area contributed by atoms with Crippen molar-refractivity contribution < 1.29 is 23.5 Å². The van der Waals surface area contributed by atoms with Gasteiger partial charge in [-0.1, -0.05) is 0 Å². The van der Waals surface area contributed by atoms with Crippen LogP contribution in [-0.2, 0) is 6.54 Å². The van der Waals surface area contributed by atoms with E-state index < -0.39 is 17.7 Å². The van der Waals surface area contributed by atoms with Crippen LogP contribution in [0.2, 0.25) is 0 Å². The Kier molecular flexibility index (Phi) is 4.19. The molecule has 7 heteroatoms. The van der Waals surface area contributed by atoms with Gasteiger partial charge < -0.3 is 14.8 Å². The number of halogens is 2. The maximum Gasteiger partial charge on any atom is 0.371 e. The quantitative estimate of drug-likeness (QED) is 0.896. The van der Waals surface area contributed by atoms with Crippen LogP contribution in [0, 0.1) is 5.82 Å². The molecule has 2 N–H and O–H groups in total. The Labute approximate surface area is 121 Å². The monoisotopic (exact) mass is 341 g/mol. The van der Waals surface area contributed by atoms with E-state index >= 15 is 0 Å². The molecular formula is C13H9BrFNO4. The van der Waals surface area contributed by atoms with E-state index in [2.05, 4.69) is 21.2 Å². The Morgan fingerprint density at radius 3 is 2.65 bits per heavy atom. The molecule has 1 aromatic heterocycles. The summed E-state index contributed by atoms with van der Waals surface area (Å²) < 4.78 is 18.5. The van der Waals surface area contributed by atoms with E-state index in [-0.39, 0.29) is 22.3 Å². The normalized spacial score (nSPS) is 10.3. The molecule has 0 aliphatic carbocycles. The number of hydrogen-bond donors (Lipinski definition) is 2. The minimum atomic E-state index is -1.18. The highest BCUT2D eigenvalue weighted by Crippen LogP contribution is 2.16. The molecule has 0 spiro atoms. The molecule has 0 atom stereocenters. The van der Waals surface area contributed by atoms with Crippen molar-refractivity contribution in [3.8, 4) is 0 Å². The van der Waals surface area contributed by atoms with Gasteiger partial charge >= 0.3 is 5.97 Å². The molecular weight excluding hydrogens is 333 g/mol. The summed E-state index contributed by atoms with van der Waals surface area (Å²) in [5.41, 5.74) is 0.163. The molecule has 104 valence electrons. The zero-order valence-electron chi connectivity index (χ0n) is 10.0. The standard InChI is InChI=1S/C13H9BrFNO4/c14-9-3-1-7(5-10(9)15)12(17)16-6-8-2-4-11(20-8)13(18)19/h1-5H,6H2,(H,16,17)(H,18,19). The largest absolute Gasteiger partial charge is 0.475 e. The smallest absolute Gasteiger partial charge is 0.371 e. The van der Waals surface area contributed by atoms with Gasteiger partial charge in [0, 0.05) is 5.56 Å². The molecule has 1 aromatic carbocycles. The van der Waals surface area contributed by atoms with Crippen LogP contribution in [0.25, 0.3) is 0 Å². The third-order valence-corrected chi connectivity index (χ3v) is 3.12. The lowest BCUT2D eigenvalue weighted by Crippen LogP contribution is -2.22. The third kappa shape index (κ3) is 3.24. The molecule has 0 aliphatic heterocycles. The van der Waals surface area contributed by atoms with Gasteiger partial charge in [0.05, 0.1) is 11.0 Å². The second kappa shape index (κ2) is 5.87. The van der Waals surface area contributed by atoms with Crippen LogP contribution in [0.15, 0.2) is 39.2 Å². The van der Waals surface area contributed by atoms with Crippen molar-refractivity contribution >= 4 is 27.8 Å². The molecule has 2 rings (SSSR count). The molecule has 2 aromatic rings. The first-order chi connectivity index (χ1) is 9.47. The summed E-state index contributed by atoms with van der Waals surface area (Å²) in [4.78, 5) is 22.4. The van der Waals surface area contributed by atoms with Crippen LogP contribution >= 0.6 is 15.9 Å².